The quantitative estimate of drug-likeness (QED) is 0.0197. The van der Waals surface area contributed by atoms with Gasteiger partial charge in [-0.15, -0.1) is 0 Å². The van der Waals surface area contributed by atoms with Crippen LogP contribution in [0.5, 0.6) is 0 Å². The lowest BCUT2D eigenvalue weighted by molar-refractivity contribution is -0.301. The summed E-state index contributed by atoms with van der Waals surface area (Å²) < 4.78 is 59.4. The number of aliphatic hydroxyl groups is 3. The van der Waals surface area contributed by atoms with Gasteiger partial charge in [-0.25, -0.2) is 4.18 Å². The van der Waals surface area contributed by atoms with E-state index in [4.69, 9.17) is 18.9 Å². The van der Waals surface area contributed by atoms with Gasteiger partial charge in [0.2, 0.25) is 0 Å². The van der Waals surface area contributed by atoms with E-state index in [0.29, 0.717) is 13.0 Å². The van der Waals surface area contributed by atoms with Crippen molar-refractivity contribution in [3.63, 3.8) is 0 Å². The first-order valence-electron chi connectivity index (χ1n) is 27.6. The minimum atomic E-state index is -5.08. The number of carbonyl (C=O) groups is 1. The Kier molecular flexibility index (Phi) is 45.2. The van der Waals surface area contributed by atoms with E-state index in [-0.39, 0.29) is 19.6 Å². The number of aliphatic hydroxyl groups excluding tert-OH is 3. The van der Waals surface area contributed by atoms with Gasteiger partial charge in [0.15, 0.2) is 6.29 Å². The monoisotopic (exact) mass is 1030 g/mol. The molecule has 0 bridgehead atoms. The zero-order valence-electron chi connectivity index (χ0n) is 44.4. The maximum absolute atomic E-state index is 12.9. The highest BCUT2D eigenvalue weighted by atomic mass is 32.3. The van der Waals surface area contributed by atoms with E-state index in [1.165, 1.54) is 57.8 Å². The number of rotatable bonds is 47. The van der Waals surface area contributed by atoms with Gasteiger partial charge in [0.05, 0.1) is 19.8 Å². The molecule has 1 saturated heterocycles. The molecule has 0 aliphatic carbocycles. The largest absolute Gasteiger partial charge is 0.457 e. The van der Waals surface area contributed by atoms with Crippen molar-refractivity contribution in [3.8, 4) is 0 Å². The fourth-order valence-electron chi connectivity index (χ4n) is 7.81. The number of carbonyl (C=O) groups excluding carboxylic acids is 1. The van der Waals surface area contributed by atoms with Gasteiger partial charge in [-0.2, -0.15) is 8.42 Å². The number of allylic oxidation sites excluding steroid dienone is 18. The number of ether oxygens (including phenoxy) is 4. The molecule has 4 N–H and O–H groups in total. The van der Waals surface area contributed by atoms with E-state index in [2.05, 4.69) is 127 Å². The molecular formula is C59H98O12S. The molecule has 412 valence electrons. The number of hydrogen-bond acceptors (Lipinski definition) is 11. The summed E-state index contributed by atoms with van der Waals surface area (Å²) in [7, 11) is -5.08. The molecule has 1 aliphatic rings. The zero-order chi connectivity index (χ0) is 52.4. The average Bonchev–Trinajstić information content (AvgIpc) is 3.36. The summed E-state index contributed by atoms with van der Waals surface area (Å²) in [6.07, 6.45) is 59.7. The predicted molar refractivity (Wildman–Crippen MR) is 294 cm³/mol. The van der Waals surface area contributed by atoms with E-state index in [1.807, 2.05) is 0 Å². The lowest BCUT2D eigenvalue weighted by Crippen LogP contribution is -2.60. The minimum absolute atomic E-state index is 0.0196. The molecular weight excluding hydrogens is 933 g/mol. The summed E-state index contributed by atoms with van der Waals surface area (Å²) >= 11 is 0. The first-order valence-corrected chi connectivity index (χ1v) is 29.0. The molecule has 1 rings (SSSR count). The van der Waals surface area contributed by atoms with Crippen LogP contribution >= 0.6 is 0 Å². The van der Waals surface area contributed by atoms with Crippen LogP contribution in [0.4, 0.5) is 0 Å². The van der Waals surface area contributed by atoms with E-state index >= 15 is 0 Å². The van der Waals surface area contributed by atoms with Crippen LogP contribution in [0.3, 0.4) is 0 Å². The van der Waals surface area contributed by atoms with Crippen molar-refractivity contribution in [2.75, 3.05) is 26.4 Å². The van der Waals surface area contributed by atoms with E-state index < -0.39 is 59.8 Å². The highest BCUT2D eigenvalue weighted by molar-refractivity contribution is 7.80. The van der Waals surface area contributed by atoms with Crippen molar-refractivity contribution in [3.05, 3.63) is 109 Å². The minimum Gasteiger partial charge on any atom is -0.457 e. The van der Waals surface area contributed by atoms with Crippen molar-refractivity contribution < 1.29 is 56.2 Å². The van der Waals surface area contributed by atoms with Crippen LogP contribution in [0, 0.1) is 0 Å². The zero-order valence-corrected chi connectivity index (χ0v) is 45.3. The third kappa shape index (κ3) is 41.1. The van der Waals surface area contributed by atoms with Gasteiger partial charge >= 0.3 is 16.4 Å². The molecule has 0 amide bonds. The second kappa shape index (κ2) is 48.7. The van der Waals surface area contributed by atoms with E-state index in [9.17, 15) is 33.1 Å². The number of hydrogen-bond donors (Lipinski definition) is 4. The van der Waals surface area contributed by atoms with Gasteiger partial charge in [-0.1, -0.05) is 200 Å². The molecule has 6 atom stereocenters. The van der Waals surface area contributed by atoms with Crippen molar-refractivity contribution in [2.45, 2.75) is 230 Å². The van der Waals surface area contributed by atoms with E-state index in [0.717, 1.165) is 109 Å². The summed E-state index contributed by atoms with van der Waals surface area (Å²) in [5.74, 6) is -0.415. The van der Waals surface area contributed by atoms with Gasteiger partial charge in [0, 0.05) is 13.0 Å². The molecule has 1 fully saturated rings. The molecule has 12 nitrogen and oxygen atoms in total. The Morgan fingerprint density at radius 2 is 0.917 bits per heavy atom. The van der Waals surface area contributed by atoms with Gasteiger partial charge in [0.25, 0.3) is 0 Å². The fraction of sp³-hybridized carbons (Fsp3) is 0.678. The van der Waals surface area contributed by atoms with Gasteiger partial charge in [-0.05, 0) is 96.3 Å². The first kappa shape index (κ1) is 66.8. The Morgan fingerprint density at radius 1 is 0.528 bits per heavy atom. The van der Waals surface area contributed by atoms with Crippen LogP contribution in [-0.4, -0.2) is 97.5 Å². The molecule has 0 aromatic carbocycles. The number of esters is 1. The highest BCUT2D eigenvalue weighted by Gasteiger charge is 2.48. The Hall–Kier alpha value is -3.24. The van der Waals surface area contributed by atoms with Gasteiger partial charge in [-0.3, -0.25) is 9.35 Å². The second-order valence-corrected chi connectivity index (χ2v) is 19.5. The van der Waals surface area contributed by atoms with Crippen molar-refractivity contribution >= 4 is 16.4 Å². The molecule has 0 aromatic rings. The summed E-state index contributed by atoms with van der Waals surface area (Å²) in [5, 5.41) is 30.8. The SMILES string of the molecule is CC/C=C\C/C=C\C/C=C\C/C=C\C/C=C\CCCCCCCCCCOCC(COC1OC(CO)C(O)C(OS(=O)(=O)O)C1O)OC(=O)CCCCCCCCCC/C=C\C/C=C\C/C=C\C/C=C\CC. The van der Waals surface area contributed by atoms with Gasteiger partial charge in [0.1, 0.15) is 30.5 Å². The number of unbranched alkanes of at least 4 members (excludes halogenated alkanes) is 16. The van der Waals surface area contributed by atoms with Crippen LogP contribution in [0.1, 0.15) is 194 Å². The topological polar surface area (TPSA) is 178 Å². The maximum Gasteiger partial charge on any atom is 0.397 e. The molecule has 1 aliphatic heterocycles. The average molecular weight is 1030 g/mol. The maximum atomic E-state index is 12.9. The molecule has 1 heterocycles. The molecule has 0 saturated carbocycles. The predicted octanol–water partition coefficient (Wildman–Crippen LogP) is 13.5. The van der Waals surface area contributed by atoms with Crippen LogP contribution < -0.4 is 0 Å². The van der Waals surface area contributed by atoms with Crippen LogP contribution in [-0.2, 0) is 38.3 Å². The van der Waals surface area contributed by atoms with E-state index in [1.54, 1.807) is 0 Å². The summed E-state index contributed by atoms with van der Waals surface area (Å²) in [6.45, 7) is 3.73. The summed E-state index contributed by atoms with van der Waals surface area (Å²) in [4.78, 5) is 12.9. The molecule has 6 unspecified atom stereocenters. The standard InChI is InChI=1S/C59H98O12S/c1-3-5-7-9-11-13-15-17-19-21-23-25-26-27-29-31-33-35-37-39-41-43-45-47-49-67-51-53(52-68-59-57(63)58(71-72(64,65)66)56(62)54(50-60)70-59)69-55(61)48-46-44-42-40-38-36-34-32-30-28-24-22-20-18-16-14-12-10-8-6-4-2/h5-8,11-14,17-20,23-25,27-29,53-54,56-60,62-63H,3-4,9-10,15-16,21-22,26,30-52H2,1-2H3,(H,64,65,66)/b7-5-,8-6-,13-11-,14-12-,19-17-,20-18-,25-23-,28-24-,29-27-. The molecule has 13 heteroatoms. The van der Waals surface area contributed by atoms with Crippen molar-refractivity contribution in [2.24, 2.45) is 0 Å². The van der Waals surface area contributed by atoms with Crippen molar-refractivity contribution in [1.82, 2.24) is 0 Å². The third-order valence-electron chi connectivity index (χ3n) is 11.9. The molecule has 0 spiro atoms. The van der Waals surface area contributed by atoms with Crippen LogP contribution in [0.2, 0.25) is 0 Å². The summed E-state index contributed by atoms with van der Waals surface area (Å²) in [6, 6.07) is 0. The smallest absolute Gasteiger partial charge is 0.397 e. The van der Waals surface area contributed by atoms with Crippen LogP contribution in [0.15, 0.2) is 109 Å². The molecule has 0 radical (unpaired) electrons. The first-order chi connectivity index (χ1) is 35.1. The third-order valence-corrected chi connectivity index (χ3v) is 12.4. The Morgan fingerprint density at radius 3 is 1.33 bits per heavy atom. The second-order valence-electron chi connectivity index (χ2n) is 18.4. The Labute approximate surface area is 437 Å². The fourth-order valence-corrected chi connectivity index (χ4v) is 8.32. The lowest BCUT2D eigenvalue weighted by Gasteiger charge is -2.41. The highest BCUT2D eigenvalue weighted by Crippen LogP contribution is 2.26. The van der Waals surface area contributed by atoms with Gasteiger partial charge < -0.3 is 34.3 Å². The Bertz CT molecular complexity index is 1660. The Balaban J connectivity index is 2.35. The molecule has 72 heavy (non-hydrogen) atoms. The normalized spacial score (nSPS) is 19.8. The van der Waals surface area contributed by atoms with Crippen molar-refractivity contribution in [1.29, 1.82) is 0 Å². The summed E-state index contributed by atoms with van der Waals surface area (Å²) in [5.41, 5.74) is 0. The molecule has 0 aromatic heterocycles. The van der Waals surface area contributed by atoms with Crippen LogP contribution in [0.25, 0.3) is 0 Å². The lowest BCUT2D eigenvalue weighted by atomic mass is 9.99.